The Kier molecular flexibility index (Phi) is 4.35. The molecule has 7 rings (SSSR count). The molecule has 2 heteroatoms. The zero-order chi connectivity index (χ0) is 24.5. The van der Waals surface area contributed by atoms with Gasteiger partial charge in [0.25, 0.3) is 0 Å². The van der Waals surface area contributed by atoms with E-state index in [2.05, 4.69) is 86.7 Å². The molecule has 0 bridgehead atoms. The van der Waals surface area contributed by atoms with E-state index in [1.165, 1.54) is 39.8 Å². The van der Waals surface area contributed by atoms with Crippen molar-refractivity contribution in [3.63, 3.8) is 0 Å². The number of rotatable bonds is 2. The van der Waals surface area contributed by atoms with Crippen LogP contribution in [0.25, 0.3) is 28.0 Å². The van der Waals surface area contributed by atoms with Crippen molar-refractivity contribution in [2.24, 2.45) is 0 Å². The third-order valence-corrected chi connectivity index (χ3v) is 7.92. The minimum atomic E-state index is -0.867. The number of hydrogen-bond acceptors (Lipinski definition) is 1. The zero-order valence-corrected chi connectivity index (χ0v) is 20.3. The van der Waals surface area contributed by atoms with E-state index < -0.39 is 5.60 Å². The lowest BCUT2D eigenvalue weighted by Crippen LogP contribution is -2.35. The number of ether oxygens (including phenoxy) is 1. The largest absolute Gasteiger partial charge is 0.472 e. The van der Waals surface area contributed by atoms with Crippen LogP contribution >= 0.6 is 0 Å². The van der Waals surface area contributed by atoms with E-state index in [0.717, 1.165) is 27.8 Å². The summed E-state index contributed by atoms with van der Waals surface area (Å²) in [6.45, 7) is 4.61. The van der Waals surface area contributed by atoms with Gasteiger partial charge in [-0.05, 0) is 45.8 Å². The van der Waals surface area contributed by atoms with Gasteiger partial charge in [0.15, 0.2) is 5.60 Å². The maximum Gasteiger partial charge on any atom is 0.178 e. The first-order valence-electron chi connectivity index (χ1n) is 12.4. The molecule has 1 nitrogen and oxygen atoms in total. The van der Waals surface area contributed by atoms with E-state index >= 15 is 0 Å². The molecule has 0 fully saturated rings. The standard InChI is InChI=1S/C34H25FO/c1-33(2)29-15-9-8-14-27(29)30-25-12-6-7-13-26(25)32-28(31(30)33)20-21-34(36-32,22-10-4-3-5-11-22)23-16-18-24(35)19-17-23/h3-21H,1-2H3. The Morgan fingerprint density at radius 3 is 2.08 bits per heavy atom. The molecule has 1 aliphatic carbocycles. The summed E-state index contributed by atoms with van der Waals surface area (Å²) in [5.41, 5.74) is 7.22. The molecular weight excluding hydrogens is 443 g/mol. The summed E-state index contributed by atoms with van der Waals surface area (Å²) in [6, 6.07) is 34.1. The first-order chi connectivity index (χ1) is 17.5. The summed E-state index contributed by atoms with van der Waals surface area (Å²) in [5.74, 6) is 0.617. The highest BCUT2D eigenvalue weighted by Gasteiger charge is 2.44. The lowest BCUT2D eigenvalue weighted by Gasteiger charge is -2.38. The highest BCUT2D eigenvalue weighted by atomic mass is 19.1. The van der Waals surface area contributed by atoms with Crippen molar-refractivity contribution in [3.8, 4) is 16.9 Å². The van der Waals surface area contributed by atoms with Crippen LogP contribution in [0.2, 0.25) is 0 Å². The lowest BCUT2D eigenvalue weighted by atomic mass is 9.77. The Hall–Kier alpha value is -4.17. The van der Waals surface area contributed by atoms with Crippen molar-refractivity contribution >= 4 is 16.8 Å². The Morgan fingerprint density at radius 1 is 0.667 bits per heavy atom. The first kappa shape index (κ1) is 21.1. The smallest absolute Gasteiger partial charge is 0.178 e. The van der Waals surface area contributed by atoms with Gasteiger partial charge in [0.1, 0.15) is 11.6 Å². The van der Waals surface area contributed by atoms with Gasteiger partial charge in [-0.25, -0.2) is 4.39 Å². The quantitative estimate of drug-likeness (QED) is 0.252. The third-order valence-electron chi connectivity index (χ3n) is 7.92. The van der Waals surface area contributed by atoms with Crippen LogP contribution in [0.3, 0.4) is 0 Å². The average molecular weight is 469 g/mol. The summed E-state index contributed by atoms with van der Waals surface area (Å²) in [6.07, 6.45) is 4.38. The molecule has 1 heterocycles. The first-order valence-corrected chi connectivity index (χ1v) is 12.4. The fourth-order valence-corrected chi connectivity index (χ4v) is 6.26. The fourth-order valence-electron chi connectivity index (χ4n) is 6.26. The van der Waals surface area contributed by atoms with Gasteiger partial charge in [-0.15, -0.1) is 0 Å². The predicted octanol–water partition coefficient (Wildman–Crippen LogP) is 8.63. The van der Waals surface area contributed by atoms with Crippen LogP contribution in [0, 0.1) is 5.82 Å². The highest BCUT2D eigenvalue weighted by molar-refractivity contribution is 6.08. The molecule has 0 N–H and O–H groups in total. The van der Waals surface area contributed by atoms with Crippen molar-refractivity contribution in [2.75, 3.05) is 0 Å². The van der Waals surface area contributed by atoms with Crippen LogP contribution < -0.4 is 4.74 Å². The van der Waals surface area contributed by atoms with Crippen LogP contribution in [0.15, 0.2) is 109 Å². The van der Waals surface area contributed by atoms with Crippen LogP contribution in [-0.4, -0.2) is 0 Å². The Morgan fingerprint density at radius 2 is 1.31 bits per heavy atom. The Bertz CT molecular complexity index is 1680. The summed E-state index contributed by atoms with van der Waals surface area (Å²) in [7, 11) is 0. The SMILES string of the molecule is CC1(C)c2ccccc2-c2c1c1c(c3ccccc23)OC(c2ccccc2)(c2ccc(F)cc2)C=C1. The Labute approximate surface area is 210 Å². The van der Waals surface area contributed by atoms with Gasteiger partial charge < -0.3 is 4.74 Å². The van der Waals surface area contributed by atoms with Crippen molar-refractivity contribution in [3.05, 3.63) is 143 Å². The molecule has 36 heavy (non-hydrogen) atoms. The topological polar surface area (TPSA) is 9.23 Å². The molecule has 0 radical (unpaired) electrons. The maximum atomic E-state index is 13.9. The number of fused-ring (bicyclic) bond motifs is 8. The molecule has 2 aliphatic rings. The van der Waals surface area contributed by atoms with Gasteiger partial charge in [-0.2, -0.15) is 0 Å². The van der Waals surface area contributed by atoms with Crippen LogP contribution in [0.1, 0.15) is 41.7 Å². The van der Waals surface area contributed by atoms with Crippen molar-refractivity contribution in [2.45, 2.75) is 24.9 Å². The molecular formula is C34H25FO. The number of halogens is 1. The van der Waals surface area contributed by atoms with Crippen LogP contribution in [0.4, 0.5) is 4.39 Å². The van der Waals surface area contributed by atoms with E-state index in [1.54, 1.807) is 0 Å². The van der Waals surface area contributed by atoms with Gasteiger partial charge >= 0.3 is 0 Å². The molecule has 5 aromatic carbocycles. The summed E-state index contributed by atoms with van der Waals surface area (Å²) in [5, 5.41) is 2.28. The number of benzene rings is 5. The molecule has 0 saturated heterocycles. The molecule has 0 amide bonds. The fraction of sp³-hybridized carbons (Fsp3) is 0.118. The highest BCUT2D eigenvalue weighted by Crippen LogP contribution is 2.57. The monoisotopic (exact) mass is 468 g/mol. The molecule has 0 saturated carbocycles. The van der Waals surface area contributed by atoms with E-state index in [4.69, 9.17) is 4.74 Å². The summed E-state index contributed by atoms with van der Waals surface area (Å²) in [4.78, 5) is 0. The molecule has 1 aliphatic heterocycles. The minimum Gasteiger partial charge on any atom is -0.472 e. The van der Waals surface area contributed by atoms with E-state index in [0.29, 0.717) is 0 Å². The normalized spacial score (nSPS) is 18.9. The Balaban J connectivity index is 1.57. The van der Waals surface area contributed by atoms with Gasteiger partial charge in [0.05, 0.1) is 0 Å². The maximum absolute atomic E-state index is 13.9. The molecule has 0 aromatic heterocycles. The van der Waals surface area contributed by atoms with Gasteiger partial charge in [0, 0.05) is 27.5 Å². The second-order valence-electron chi connectivity index (χ2n) is 10.3. The molecule has 5 aromatic rings. The van der Waals surface area contributed by atoms with Crippen LogP contribution in [0.5, 0.6) is 5.75 Å². The van der Waals surface area contributed by atoms with E-state index in [-0.39, 0.29) is 11.2 Å². The molecule has 1 atom stereocenters. The third kappa shape index (κ3) is 2.76. The number of hydrogen-bond donors (Lipinski definition) is 0. The molecule has 0 spiro atoms. The van der Waals surface area contributed by atoms with Crippen LogP contribution in [-0.2, 0) is 11.0 Å². The second-order valence-corrected chi connectivity index (χ2v) is 10.3. The van der Waals surface area contributed by atoms with Crippen molar-refractivity contribution in [1.29, 1.82) is 0 Å². The summed E-state index contributed by atoms with van der Waals surface area (Å²) >= 11 is 0. The van der Waals surface area contributed by atoms with Gasteiger partial charge in [-0.3, -0.25) is 0 Å². The van der Waals surface area contributed by atoms with E-state index in [1.807, 2.05) is 30.3 Å². The second kappa shape index (κ2) is 7.41. The van der Waals surface area contributed by atoms with Gasteiger partial charge in [0.2, 0.25) is 0 Å². The van der Waals surface area contributed by atoms with Crippen molar-refractivity contribution < 1.29 is 9.13 Å². The van der Waals surface area contributed by atoms with Crippen molar-refractivity contribution in [1.82, 2.24) is 0 Å². The minimum absolute atomic E-state index is 0.170. The van der Waals surface area contributed by atoms with E-state index in [9.17, 15) is 4.39 Å². The molecule has 174 valence electrons. The average Bonchev–Trinajstić information content (AvgIpc) is 3.17. The van der Waals surface area contributed by atoms with Gasteiger partial charge in [-0.1, -0.05) is 111 Å². The molecule has 1 unspecified atom stereocenters. The predicted molar refractivity (Wildman–Crippen MR) is 145 cm³/mol. The lowest BCUT2D eigenvalue weighted by molar-refractivity contribution is 0.163. The zero-order valence-electron chi connectivity index (χ0n) is 20.3. The summed E-state index contributed by atoms with van der Waals surface area (Å²) < 4.78 is 21.1.